The Morgan fingerprint density at radius 3 is 1.30 bits per heavy atom. The Balaban J connectivity index is 6.59. The van der Waals surface area contributed by atoms with Crippen molar-refractivity contribution in [1.29, 1.82) is 0 Å². The van der Waals surface area contributed by atoms with E-state index in [2.05, 4.69) is 41.5 Å². The molecule has 0 aliphatic carbocycles. The summed E-state index contributed by atoms with van der Waals surface area (Å²) >= 11 is -2.54. The minimum atomic E-state index is -2.54. The topological polar surface area (TPSA) is 9.23 Å². The first-order valence-corrected chi connectivity index (χ1v) is 24.8. The van der Waals surface area contributed by atoms with Crippen molar-refractivity contribution in [1.82, 2.24) is 0 Å². The van der Waals surface area contributed by atoms with Gasteiger partial charge in [-0.1, -0.05) is 0 Å². The van der Waals surface area contributed by atoms with Crippen LogP contribution in [0.15, 0.2) is 9.06 Å². The Kier molecular flexibility index (Phi) is 27.2. The van der Waals surface area contributed by atoms with Crippen LogP contribution in [0.2, 0.25) is 26.0 Å². The summed E-state index contributed by atoms with van der Waals surface area (Å²) in [7, 11) is 2.00. The maximum atomic E-state index is 6.19. The van der Waals surface area contributed by atoms with Crippen molar-refractivity contribution in [3.8, 4) is 0 Å². The third-order valence-electron chi connectivity index (χ3n) is 8.95. The number of methoxy groups -OCH3 is 1. The van der Waals surface area contributed by atoms with E-state index >= 15 is 0 Å². The van der Waals surface area contributed by atoms with Gasteiger partial charge in [-0.3, -0.25) is 0 Å². The van der Waals surface area contributed by atoms with E-state index in [-0.39, 0.29) is 0 Å². The number of hydrogen-bond donors (Lipinski definition) is 0. The normalized spacial score (nSPS) is 12.7. The number of ether oxygens (including phenoxy) is 1. The first-order valence-electron chi connectivity index (χ1n) is 17.3. The van der Waals surface area contributed by atoms with Crippen LogP contribution in [-0.2, 0) is 4.74 Å². The number of allylic oxidation sites excluding steroid dienone is 1. The Hall–Kier alpha value is 0.564. The molecule has 0 unspecified atom stereocenters. The van der Waals surface area contributed by atoms with Gasteiger partial charge in [0.15, 0.2) is 0 Å². The average molecular weight is 625 g/mol. The van der Waals surface area contributed by atoms with Crippen molar-refractivity contribution in [3.63, 3.8) is 0 Å². The van der Waals surface area contributed by atoms with Crippen molar-refractivity contribution in [2.45, 2.75) is 189 Å². The molecule has 0 aliphatic rings. The molecule has 0 radical (unpaired) electrons. The third kappa shape index (κ3) is 17.1. The van der Waals surface area contributed by atoms with Gasteiger partial charge in [0.2, 0.25) is 0 Å². The molecule has 0 aliphatic heterocycles. The molecule has 0 bridgehead atoms. The molecule has 0 fully saturated rings. The summed E-state index contributed by atoms with van der Waals surface area (Å²) in [5.74, 6) is 0. The molecule has 37 heavy (non-hydrogen) atoms. The molecule has 0 N–H and O–H groups in total. The van der Waals surface area contributed by atoms with Crippen LogP contribution in [0.4, 0.5) is 0 Å². The van der Waals surface area contributed by atoms with E-state index in [4.69, 9.17) is 4.74 Å². The van der Waals surface area contributed by atoms with Gasteiger partial charge < -0.3 is 0 Å². The van der Waals surface area contributed by atoms with Gasteiger partial charge in [-0.15, -0.1) is 0 Å². The first-order chi connectivity index (χ1) is 18.1. The minimum absolute atomic E-state index is 0.835. The van der Waals surface area contributed by atoms with Crippen LogP contribution in [0.3, 0.4) is 0 Å². The summed E-state index contributed by atoms with van der Waals surface area (Å²) < 4.78 is 12.9. The Bertz CT molecular complexity index is 484. The summed E-state index contributed by atoms with van der Waals surface area (Å²) in [4.78, 5) is 0. The van der Waals surface area contributed by atoms with Gasteiger partial charge in [-0.2, -0.15) is 0 Å². The molecule has 0 atom stereocenters. The standard InChI is InChI=1S/C22H44BO.3C4H9.Sn/c1-5-8-11-14-17-22(18-21-24-4)23(19-15-12-9-6-2)20-16-13-10-7-3;3*1-3-4-2;/h5-17,19-21H2,1-4H3;3*1,3-4H2,2H3;. The molecule has 0 aromatic rings. The molecule has 0 amide bonds. The molecule has 0 saturated carbocycles. The zero-order valence-electron chi connectivity index (χ0n) is 27.2. The molecule has 0 spiro atoms. The van der Waals surface area contributed by atoms with Crippen LogP contribution in [0, 0.1) is 0 Å². The second kappa shape index (κ2) is 26.8. The van der Waals surface area contributed by atoms with E-state index in [9.17, 15) is 0 Å². The average Bonchev–Trinajstić information content (AvgIpc) is 2.91. The quantitative estimate of drug-likeness (QED) is 0.0621. The fourth-order valence-electron chi connectivity index (χ4n) is 6.58. The van der Waals surface area contributed by atoms with E-state index < -0.39 is 18.4 Å². The Morgan fingerprint density at radius 2 is 0.919 bits per heavy atom. The number of unbranched alkanes of at least 4 members (excludes halogenated alkanes) is 12. The number of rotatable bonds is 28. The molecule has 0 aromatic carbocycles. The van der Waals surface area contributed by atoms with Crippen molar-refractivity contribution in [2.24, 2.45) is 0 Å². The SMILES string of the molecule is CCCCCCB(CCCCCC)/C(CCCCCC)=[C](/COC)[Sn]([CH2]CCC)([CH2]CCC)[CH2]CCC. The van der Waals surface area contributed by atoms with Crippen molar-refractivity contribution in [3.05, 3.63) is 9.06 Å². The molecule has 0 saturated heterocycles. The molecular formula is C34H71BOSn. The molecule has 0 aromatic heterocycles. The predicted molar refractivity (Wildman–Crippen MR) is 176 cm³/mol. The van der Waals surface area contributed by atoms with Crippen LogP contribution >= 0.6 is 0 Å². The summed E-state index contributed by atoms with van der Waals surface area (Å²) in [5, 5.41) is 0. The fourth-order valence-corrected chi connectivity index (χ4v) is 24.3. The molecule has 3 heteroatoms. The van der Waals surface area contributed by atoms with Gasteiger partial charge in [-0.05, 0) is 0 Å². The summed E-state index contributed by atoms with van der Waals surface area (Å²) in [6.45, 7) is 16.1. The molecule has 220 valence electrons. The fraction of sp³-hybridized carbons (Fsp3) is 0.941. The van der Waals surface area contributed by atoms with Crippen LogP contribution in [0.1, 0.15) is 164 Å². The molecule has 0 rings (SSSR count). The van der Waals surface area contributed by atoms with Gasteiger partial charge in [0, 0.05) is 0 Å². The van der Waals surface area contributed by atoms with E-state index in [1.165, 1.54) is 135 Å². The zero-order chi connectivity index (χ0) is 27.6. The summed E-state index contributed by atoms with van der Waals surface area (Å²) in [6.07, 6.45) is 29.6. The monoisotopic (exact) mass is 626 g/mol. The Labute approximate surface area is 241 Å². The van der Waals surface area contributed by atoms with Crippen LogP contribution in [0.5, 0.6) is 0 Å². The van der Waals surface area contributed by atoms with Crippen molar-refractivity contribution >= 4 is 25.1 Å². The first kappa shape index (κ1) is 37.6. The second-order valence-electron chi connectivity index (χ2n) is 12.2. The molecular weight excluding hydrogens is 554 g/mol. The summed E-state index contributed by atoms with van der Waals surface area (Å²) in [6, 6.07) is 0. The second-order valence-corrected chi connectivity index (χ2v) is 25.5. The van der Waals surface area contributed by atoms with Crippen molar-refractivity contribution in [2.75, 3.05) is 13.7 Å². The van der Waals surface area contributed by atoms with Gasteiger partial charge in [0.1, 0.15) is 0 Å². The van der Waals surface area contributed by atoms with E-state index in [0.29, 0.717) is 0 Å². The summed E-state index contributed by atoms with van der Waals surface area (Å²) in [5.41, 5.74) is 1.98. The van der Waals surface area contributed by atoms with Gasteiger partial charge in [0.05, 0.1) is 0 Å². The van der Waals surface area contributed by atoms with E-state index in [0.717, 1.165) is 13.3 Å². The third-order valence-corrected chi connectivity index (χ3v) is 25.2. The van der Waals surface area contributed by atoms with Crippen LogP contribution in [0.25, 0.3) is 0 Å². The molecule has 0 heterocycles. The van der Waals surface area contributed by atoms with Gasteiger partial charge in [-0.25, -0.2) is 0 Å². The predicted octanol–water partition coefficient (Wildman–Crippen LogP) is 12.5. The van der Waals surface area contributed by atoms with Gasteiger partial charge >= 0.3 is 242 Å². The van der Waals surface area contributed by atoms with Crippen LogP contribution in [-0.4, -0.2) is 38.8 Å². The van der Waals surface area contributed by atoms with Gasteiger partial charge in [0.25, 0.3) is 0 Å². The number of hydrogen-bond acceptors (Lipinski definition) is 1. The van der Waals surface area contributed by atoms with Crippen molar-refractivity contribution < 1.29 is 4.74 Å². The van der Waals surface area contributed by atoms with E-state index in [1.807, 2.05) is 16.2 Å². The Morgan fingerprint density at radius 1 is 0.514 bits per heavy atom. The van der Waals surface area contributed by atoms with Crippen LogP contribution < -0.4 is 0 Å². The molecule has 1 nitrogen and oxygen atoms in total. The zero-order valence-corrected chi connectivity index (χ0v) is 30.0. The maximum absolute atomic E-state index is 6.19. The van der Waals surface area contributed by atoms with E-state index in [1.54, 1.807) is 13.3 Å².